The highest BCUT2D eigenvalue weighted by molar-refractivity contribution is 7.08. The molecule has 0 aliphatic heterocycles. The number of primary amides is 1. The second-order valence-electron chi connectivity index (χ2n) is 3.61. The van der Waals surface area contributed by atoms with Gasteiger partial charge in [-0.2, -0.15) is 11.3 Å². The molecular weight excluding hydrogens is 250 g/mol. The zero-order chi connectivity index (χ0) is 13.0. The van der Waals surface area contributed by atoms with Gasteiger partial charge in [0.25, 0.3) is 0 Å². The van der Waals surface area contributed by atoms with Crippen LogP contribution in [-0.2, 0) is 11.3 Å². The van der Waals surface area contributed by atoms with Gasteiger partial charge >= 0.3 is 5.97 Å². The third-order valence-electron chi connectivity index (χ3n) is 2.40. The van der Waals surface area contributed by atoms with Gasteiger partial charge in [0.2, 0.25) is 5.91 Å². The van der Waals surface area contributed by atoms with Crippen molar-refractivity contribution in [3.05, 3.63) is 57.8 Å². The Balaban J connectivity index is 2.07. The Morgan fingerprint density at radius 2 is 2.00 bits per heavy atom. The van der Waals surface area contributed by atoms with E-state index in [-0.39, 0.29) is 6.61 Å². The fraction of sp³-hybridized carbons (Fsp3) is 0.0769. The Kier molecular flexibility index (Phi) is 3.74. The van der Waals surface area contributed by atoms with Crippen LogP contribution in [0.3, 0.4) is 0 Å². The molecule has 4 nitrogen and oxygen atoms in total. The van der Waals surface area contributed by atoms with Crippen molar-refractivity contribution >= 4 is 23.2 Å². The van der Waals surface area contributed by atoms with Crippen LogP contribution in [0.25, 0.3) is 0 Å². The maximum absolute atomic E-state index is 11.6. The standard InChI is InChI=1S/C13H11NO3S/c14-12(15)11-4-2-1-3-9(11)7-17-13(16)10-5-6-18-8-10/h1-6,8H,7H2,(H2,14,15). The summed E-state index contributed by atoms with van der Waals surface area (Å²) >= 11 is 1.42. The van der Waals surface area contributed by atoms with Crippen molar-refractivity contribution in [1.82, 2.24) is 0 Å². The van der Waals surface area contributed by atoms with E-state index >= 15 is 0 Å². The van der Waals surface area contributed by atoms with E-state index in [0.717, 1.165) is 0 Å². The average Bonchev–Trinajstić information content (AvgIpc) is 2.90. The van der Waals surface area contributed by atoms with Gasteiger partial charge in [-0.05, 0) is 17.5 Å². The highest BCUT2D eigenvalue weighted by Crippen LogP contribution is 2.12. The predicted octanol–water partition coefficient (Wildman–Crippen LogP) is 2.20. The van der Waals surface area contributed by atoms with E-state index in [0.29, 0.717) is 16.7 Å². The van der Waals surface area contributed by atoms with E-state index in [1.54, 1.807) is 41.1 Å². The zero-order valence-electron chi connectivity index (χ0n) is 9.46. The lowest BCUT2D eigenvalue weighted by Gasteiger charge is -2.07. The molecule has 0 aliphatic carbocycles. The summed E-state index contributed by atoms with van der Waals surface area (Å²) < 4.78 is 5.12. The molecule has 18 heavy (non-hydrogen) atoms. The summed E-state index contributed by atoms with van der Waals surface area (Å²) in [5.41, 5.74) is 6.72. The molecule has 2 aromatic rings. The number of hydrogen-bond donors (Lipinski definition) is 1. The number of thiophene rings is 1. The molecule has 0 saturated heterocycles. The van der Waals surface area contributed by atoms with Crippen LogP contribution in [0, 0.1) is 0 Å². The molecule has 0 aliphatic rings. The molecule has 0 saturated carbocycles. The lowest BCUT2D eigenvalue weighted by atomic mass is 10.1. The first kappa shape index (κ1) is 12.3. The van der Waals surface area contributed by atoms with Crippen molar-refractivity contribution in [1.29, 1.82) is 0 Å². The molecule has 1 amide bonds. The van der Waals surface area contributed by atoms with Gasteiger partial charge in [0.15, 0.2) is 0 Å². The minimum Gasteiger partial charge on any atom is -0.457 e. The van der Waals surface area contributed by atoms with Gasteiger partial charge in [-0.25, -0.2) is 4.79 Å². The zero-order valence-corrected chi connectivity index (χ0v) is 10.3. The van der Waals surface area contributed by atoms with Gasteiger partial charge < -0.3 is 10.5 Å². The van der Waals surface area contributed by atoms with Gasteiger partial charge in [-0.15, -0.1) is 0 Å². The van der Waals surface area contributed by atoms with Gasteiger partial charge in [0.05, 0.1) is 5.56 Å². The van der Waals surface area contributed by atoms with Crippen molar-refractivity contribution in [3.8, 4) is 0 Å². The first-order chi connectivity index (χ1) is 8.68. The second kappa shape index (κ2) is 5.46. The number of carbonyl (C=O) groups excluding carboxylic acids is 2. The summed E-state index contributed by atoms with van der Waals surface area (Å²) in [5.74, 6) is -0.937. The number of rotatable bonds is 4. The third-order valence-corrected chi connectivity index (χ3v) is 3.08. The summed E-state index contributed by atoms with van der Waals surface area (Å²) in [6.07, 6.45) is 0. The molecule has 92 valence electrons. The number of amides is 1. The Labute approximate surface area is 108 Å². The van der Waals surface area contributed by atoms with Crippen molar-refractivity contribution in [3.63, 3.8) is 0 Å². The SMILES string of the molecule is NC(=O)c1ccccc1COC(=O)c1ccsc1. The summed E-state index contributed by atoms with van der Waals surface area (Å²) in [6, 6.07) is 8.48. The van der Waals surface area contributed by atoms with Crippen molar-refractivity contribution in [2.24, 2.45) is 5.73 Å². The highest BCUT2D eigenvalue weighted by Gasteiger charge is 2.11. The lowest BCUT2D eigenvalue weighted by Crippen LogP contribution is -2.15. The Morgan fingerprint density at radius 1 is 1.22 bits per heavy atom. The topological polar surface area (TPSA) is 69.4 Å². The molecule has 1 aromatic heterocycles. The molecule has 0 unspecified atom stereocenters. The van der Waals surface area contributed by atoms with Crippen molar-refractivity contribution < 1.29 is 14.3 Å². The van der Waals surface area contributed by atoms with Crippen LogP contribution < -0.4 is 5.73 Å². The number of hydrogen-bond acceptors (Lipinski definition) is 4. The molecule has 1 aromatic carbocycles. The summed E-state index contributed by atoms with van der Waals surface area (Å²) in [5, 5.41) is 3.51. The molecule has 0 atom stereocenters. The summed E-state index contributed by atoms with van der Waals surface area (Å²) in [4.78, 5) is 22.8. The molecule has 5 heteroatoms. The first-order valence-electron chi connectivity index (χ1n) is 5.25. The smallest absolute Gasteiger partial charge is 0.339 e. The van der Waals surface area contributed by atoms with E-state index in [4.69, 9.17) is 10.5 Å². The van der Waals surface area contributed by atoms with E-state index in [1.807, 2.05) is 0 Å². The van der Waals surface area contributed by atoms with Gasteiger partial charge in [0, 0.05) is 16.5 Å². The normalized spacial score (nSPS) is 10.0. The van der Waals surface area contributed by atoms with Crippen LogP contribution >= 0.6 is 11.3 Å². The van der Waals surface area contributed by atoms with Crippen molar-refractivity contribution in [2.75, 3.05) is 0 Å². The maximum atomic E-state index is 11.6. The number of benzene rings is 1. The van der Waals surface area contributed by atoms with Crippen molar-refractivity contribution in [2.45, 2.75) is 6.61 Å². The first-order valence-corrected chi connectivity index (χ1v) is 6.20. The molecule has 0 spiro atoms. The largest absolute Gasteiger partial charge is 0.457 e. The van der Waals surface area contributed by atoms with E-state index in [9.17, 15) is 9.59 Å². The Hall–Kier alpha value is -2.14. The van der Waals surface area contributed by atoms with E-state index in [1.165, 1.54) is 11.3 Å². The average molecular weight is 261 g/mol. The minimum atomic E-state index is -0.530. The molecule has 0 radical (unpaired) electrons. The second-order valence-corrected chi connectivity index (χ2v) is 4.39. The highest BCUT2D eigenvalue weighted by atomic mass is 32.1. The third kappa shape index (κ3) is 2.75. The fourth-order valence-corrected chi connectivity index (χ4v) is 2.12. The van der Waals surface area contributed by atoms with Gasteiger partial charge in [0.1, 0.15) is 6.61 Å². The number of nitrogens with two attached hydrogens (primary N) is 1. The Morgan fingerprint density at radius 3 is 2.67 bits per heavy atom. The molecular formula is C13H11NO3S. The van der Waals surface area contributed by atoms with Crippen LogP contribution in [-0.4, -0.2) is 11.9 Å². The molecule has 2 rings (SSSR count). The van der Waals surface area contributed by atoms with E-state index in [2.05, 4.69) is 0 Å². The monoisotopic (exact) mass is 261 g/mol. The lowest BCUT2D eigenvalue weighted by molar-refractivity contribution is 0.0471. The van der Waals surface area contributed by atoms with Crippen LogP contribution in [0.5, 0.6) is 0 Å². The number of esters is 1. The van der Waals surface area contributed by atoms with Crippen LogP contribution in [0.2, 0.25) is 0 Å². The van der Waals surface area contributed by atoms with E-state index < -0.39 is 11.9 Å². The fourth-order valence-electron chi connectivity index (χ4n) is 1.49. The molecule has 1 heterocycles. The Bertz CT molecular complexity index is 563. The molecule has 0 fully saturated rings. The van der Waals surface area contributed by atoms with Crippen LogP contribution in [0.1, 0.15) is 26.3 Å². The number of carbonyl (C=O) groups is 2. The quantitative estimate of drug-likeness (QED) is 0.858. The minimum absolute atomic E-state index is 0.0355. The number of ether oxygens (including phenoxy) is 1. The van der Waals surface area contributed by atoms with Crippen LogP contribution in [0.4, 0.5) is 0 Å². The predicted molar refractivity (Wildman–Crippen MR) is 68.4 cm³/mol. The van der Waals surface area contributed by atoms with Gasteiger partial charge in [-0.1, -0.05) is 18.2 Å². The summed E-state index contributed by atoms with van der Waals surface area (Å²) in [6.45, 7) is 0.0355. The molecule has 2 N–H and O–H groups in total. The molecule has 0 bridgehead atoms. The summed E-state index contributed by atoms with van der Waals surface area (Å²) in [7, 11) is 0. The van der Waals surface area contributed by atoms with Crippen LogP contribution in [0.15, 0.2) is 41.1 Å². The van der Waals surface area contributed by atoms with Gasteiger partial charge in [-0.3, -0.25) is 4.79 Å². The maximum Gasteiger partial charge on any atom is 0.339 e.